The van der Waals surface area contributed by atoms with Gasteiger partial charge in [-0.15, -0.1) is 0 Å². The summed E-state index contributed by atoms with van der Waals surface area (Å²) in [5, 5.41) is 7.52. The molecule has 108 valence electrons. The summed E-state index contributed by atoms with van der Waals surface area (Å²) in [5.74, 6) is 0. The van der Waals surface area contributed by atoms with Gasteiger partial charge in [0.15, 0.2) is 0 Å². The maximum Gasteiger partial charge on any atom is 0.328 e. The second kappa shape index (κ2) is 7.21. The third-order valence-electron chi connectivity index (χ3n) is 3.17. The minimum atomic E-state index is -0.341. The number of hydrogen-bond acceptors (Lipinski definition) is 4. The van der Waals surface area contributed by atoms with E-state index in [1.165, 1.54) is 5.56 Å². The second-order valence-corrected chi connectivity index (χ2v) is 5.37. The maximum absolute atomic E-state index is 11.6. The fourth-order valence-electron chi connectivity index (χ4n) is 1.96. The van der Waals surface area contributed by atoms with Crippen LogP contribution < -0.4 is 16.6 Å². The first-order valence-electron chi connectivity index (χ1n) is 6.75. The van der Waals surface area contributed by atoms with Gasteiger partial charge in [-0.1, -0.05) is 6.92 Å². The number of nitrogens with zero attached hydrogens (tertiary/aromatic N) is 1. The highest BCUT2D eigenvalue weighted by Crippen LogP contribution is 2.05. The lowest BCUT2D eigenvalue weighted by Gasteiger charge is -2.08. The van der Waals surface area contributed by atoms with Crippen LogP contribution in [0.15, 0.2) is 32.6 Å². The molecular formula is C14H19N3O2S. The molecule has 0 amide bonds. The average molecular weight is 293 g/mol. The van der Waals surface area contributed by atoms with Crippen molar-refractivity contribution in [1.29, 1.82) is 0 Å². The Morgan fingerprint density at radius 1 is 1.35 bits per heavy atom. The Morgan fingerprint density at radius 3 is 2.90 bits per heavy atom. The molecule has 0 aromatic carbocycles. The molecule has 5 nitrogen and oxygen atoms in total. The van der Waals surface area contributed by atoms with E-state index in [2.05, 4.69) is 27.1 Å². The van der Waals surface area contributed by atoms with E-state index in [0.717, 1.165) is 13.0 Å². The fourth-order valence-corrected chi connectivity index (χ4v) is 2.67. The molecule has 0 saturated heterocycles. The Balaban J connectivity index is 1.82. The molecule has 2 rings (SSSR count). The van der Waals surface area contributed by atoms with Gasteiger partial charge in [-0.3, -0.25) is 14.3 Å². The summed E-state index contributed by atoms with van der Waals surface area (Å²) in [6.45, 7) is 4.06. The number of aryl methyl sites for hydroxylation is 1. The molecule has 0 bridgehead atoms. The van der Waals surface area contributed by atoms with Crippen molar-refractivity contribution in [1.82, 2.24) is 14.9 Å². The van der Waals surface area contributed by atoms with E-state index >= 15 is 0 Å². The molecule has 2 aromatic rings. The molecular weight excluding hydrogens is 274 g/mol. The van der Waals surface area contributed by atoms with Crippen molar-refractivity contribution in [3.63, 3.8) is 0 Å². The summed E-state index contributed by atoms with van der Waals surface area (Å²) < 4.78 is 1.55. The Labute approximate surface area is 121 Å². The predicted molar refractivity (Wildman–Crippen MR) is 81.6 cm³/mol. The van der Waals surface area contributed by atoms with Crippen LogP contribution in [0.1, 0.15) is 18.1 Å². The molecule has 0 radical (unpaired) electrons. The summed E-state index contributed by atoms with van der Waals surface area (Å²) >= 11 is 1.70. The van der Waals surface area contributed by atoms with E-state index in [1.807, 2.05) is 6.92 Å². The van der Waals surface area contributed by atoms with Crippen LogP contribution in [0.4, 0.5) is 0 Å². The molecule has 2 heterocycles. The average Bonchev–Trinajstić information content (AvgIpc) is 2.93. The molecule has 0 saturated carbocycles. The number of aromatic nitrogens is 2. The number of aromatic amines is 1. The fraction of sp³-hybridized carbons (Fsp3) is 0.429. The summed E-state index contributed by atoms with van der Waals surface area (Å²) in [5.41, 5.74) is 1.35. The Bertz CT molecular complexity index is 643. The van der Waals surface area contributed by atoms with Crippen molar-refractivity contribution in [3.05, 3.63) is 55.0 Å². The monoisotopic (exact) mass is 293 g/mol. The number of nitrogens with one attached hydrogen (secondary N) is 2. The summed E-state index contributed by atoms with van der Waals surface area (Å²) in [4.78, 5) is 25.4. The number of rotatable bonds is 7. The van der Waals surface area contributed by atoms with Crippen molar-refractivity contribution in [2.24, 2.45) is 0 Å². The molecule has 0 aliphatic rings. The highest BCUT2D eigenvalue weighted by atomic mass is 32.1. The molecule has 0 atom stereocenters. The van der Waals surface area contributed by atoms with E-state index in [1.54, 1.807) is 22.1 Å². The van der Waals surface area contributed by atoms with Crippen LogP contribution in [0.25, 0.3) is 0 Å². The molecule has 0 unspecified atom stereocenters. The molecule has 0 aliphatic heterocycles. The highest BCUT2D eigenvalue weighted by molar-refractivity contribution is 7.07. The number of H-pyrrole nitrogens is 1. The quantitative estimate of drug-likeness (QED) is 0.748. The minimum Gasteiger partial charge on any atom is -0.315 e. The van der Waals surface area contributed by atoms with Gasteiger partial charge in [0.25, 0.3) is 5.56 Å². The molecule has 0 aliphatic carbocycles. The third kappa shape index (κ3) is 3.91. The van der Waals surface area contributed by atoms with E-state index in [0.29, 0.717) is 25.1 Å². The maximum atomic E-state index is 11.6. The van der Waals surface area contributed by atoms with Gasteiger partial charge in [-0.25, -0.2) is 4.79 Å². The van der Waals surface area contributed by atoms with Crippen molar-refractivity contribution >= 4 is 11.3 Å². The first kappa shape index (κ1) is 14.7. The topological polar surface area (TPSA) is 66.9 Å². The molecule has 2 aromatic heterocycles. The standard InChI is InChI=1S/C14H19N3O2S/c1-2-12-9-17(14(19)16-13(12)18)7-6-15-5-3-11-4-8-20-10-11/h4,8-10,15H,2-3,5-7H2,1H3,(H,16,18,19). The van der Waals surface area contributed by atoms with Crippen LogP contribution in [0.3, 0.4) is 0 Å². The van der Waals surface area contributed by atoms with Gasteiger partial charge >= 0.3 is 5.69 Å². The van der Waals surface area contributed by atoms with Gasteiger partial charge in [-0.2, -0.15) is 11.3 Å². The van der Waals surface area contributed by atoms with Gasteiger partial charge in [0.05, 0.1) is 0 Å². The van der Waals surface area contributed by atoms with Crippen LogP contribution in [0.2, 0.25) is 0 Å². The van der Waals surface area contributed by atoms with Gasteiger partial charge < -0.3 is 5.32 Å². The van der Waals surface area contributed by atoms with Crippen LogP contribution in [-0.2, 0) is 19.4 Å². The normalized spacial score (nSPS) is 10.8. The molecule has 0 spiro atoms. The van der Waals surface area contributed by atoms with Crippen molar-refractivity contribution in [2.45, 2.75) is 26.3 Å². The first-order valence-corrected chi connectivity index (χ1v) is 7.69. The first-order chi connectivity index (χ1) is 9.70. The van der Waals surface area contributed by atoms with Gasteiger partial charge in [-0.05, 0) is 41.8 Å². The van der Waals surface area contributed by atoms with Crippen LogP contribution >= 0.6 is 11.3 Å². The van der Waals surface area contributed by atoms with E-state index in [4.69, 9.17) is 0 Å². The zero-order valence-corrected chi connectivity index (χ0v) is 12.3. The second-order valence-electron chi connectivity index (χ2n) is 4.59. The summed E-state index contributed by atoms with van der Waals surface area (Å²) in [6.07, 6.45) is 3.27. The Hall–Kier alpha value is -1.66. The number of thiophene rings is 1. The largest absolute Gasteiger partial charge is 0.328 e. The molecule has 20 heavy (non-hydrogen) atoms. The third-order valence-corrected chi connectivity index (χ3v) is 3.90. The van der Waals surface area contributed by atoms with Crippen molar-refractivity contribution < 1.29 is 0 Å². The SMILES string of the molecule is CCc1cn(CCNCCc2ccsc2)c(=O)[nH]c1=O. The highest BCUT2D eigenvalue weighted by Gasteiger charge is 2.02. The van der Waals surface area contributed by atoms with Gasteiger partial charge in [0.2, 0.25) is 0 Å². The zero-order valence-electron chi connectivity index (χ0n) is 11.5. The lowest BCUT2D eigenvalue weighted by atomic mass is 10.2. The van der Waals surface area contributed by atoms with E-state index < -0.39 is 0 Å². The van der Waals surface area contributed by atoms with Gasteiger partial charge in [0, 0.05) is 24.8 Å². The Kier molecular flexibility index (Phi) is 5.31. The lowest BCUT2D eigenvalue weighted by Crippen LogP contribution is -2.34. The predicted octanol–water partition coefficient (Wildman–Crippen LogP) is 0.993. The van der Waals surface area contributed by atoms with Crippen molar-refractivity contribution in [2.75, 3.05) is 13.1 Å². The molecule has 0 fully saturated rings. The zero-order chi connectivity index (χ0) is 14.4. The van der Waals surface area contributed by atoms with Crippen LogP contribution in [-0.4, -0.2) is 22.6 Å². The molecule has 2 N–H and O–H groups in total. The molecule has 6 heteroatoms. The smallest absolute Gasteiger partial charge is 0.315 e. The minimum absolute atomic E-state index is 0.279. The van der Waals surface area contributed by atoms with Crippen LogP contribution in [0.5, 0.6) is 0 Å². The Morgan fingerprint density at radius 2 is 2.20 bits per heavy atom. The summed E-state index contributed by atoms with van der Waals surface area (Å²) in [6, 6.07) is 2.12. The van der Waals surface area contributed by atoms with E-state index in [9.17, 15) is 9.59 Å². The van der Waals surface area contributed by atoms with E-state index in [-0.39, 0.29) is 11.2 Å². The number of hydrogen-bond donors (Lipinski definition) is 2. The van der Waals surface area contributed by atoms with Crippen LogP contribution in [0, 0.1) is 0 Å². The van der Waals surface area contributed by atoms with Gasteiger partial charge in [0.1, 0.15) is 0 Å². The lowest BCUT2D eigenvalue weighted by molar-refractivity contribution is 0.572. The summed E-state index contributed by atoms with van der Waals surface area (Å²) in [7, 11) is 0. The van der Waals surface area contributed by atoms with Crippen molar-refractivity contribution in [3.8, 4) is 0 Å².